The van der Waals surface area contributed by atoms with Crippen molar-refractivity contribution in [3.63, 3.8) is 0 Å². The number of ether oxygens (including phenoxy) is 1. The number of nitrogens with zero attached hydrogens (tertiary/aromatic N) is 2. The zero-order valence-corrected chi connectivity index (χ0v) is 40.7. The average molecular weight is 934 g/mol. The van der Waals surface area contributed by atoms with E-state index in [1.807, 2.05) is 121 Å². The molecule has 68 heavy (non-hydrogen) atoms. The van der Waals surface area contributed by atoms with Crippen molar-refractivity contribution in [3.05, 3.63) is 102 Å². The highest BCUT2D eigenvalue weighted by Crippen LogP contribution is 2.25. The largest absolute Gasteiger partial charge is 0.488 e. The van der Waals surface area contributed by atoms with E-state index in [1.165, 1.54) is 9.80 Å². The zero-order valence-electron chi connectivity index (χ0n) is 40.7. The summed E-state index contributed by atoms with van der Waals surface area (Å²) in [6.45, 7) is 13.9. The summed E-state index contributed by atoms with van der Waals surface area (Å²) >= 11 is 0. The molecule has 7 amide bonds. The maximum atomic E-state index is 14.8. The first kappa shape index (κ1) is 51.1. The number of carbonyl (C=O) groups excluding carboxylic acids is 7. The van der Waals surface area contributed by atoms with Crippen molar-refractivity contribution in [1.29, 1.82) is 0 Å². The van der Waals surface area contributed by atoms with Gasteiger partial charge in [-0.1, -0.05) is 113 Å². The van der Waals surface area contributed by atoms with Crippen LogP contribution in [0, 0.1) is 11.8 Å². The minimum absolute atomic E-state index is 0.0165. The van der Waals surface area contributed by atoms with E-state index in [9.17, 15) is 33.6 Å². The smallest absolute Gasteiger partial charge is 0.246 e. The molecule has 0 bridgehead atoms. The summed E-state index contributed by atoms with van der Waals surface area (Å²) in [5.74, 6) is -3.91. The van der Waals surface area contributed by atoms with Crippen molar-refractivity contribution in [1.82, 2.24) is 36.4 Å². The Morgan fingerprint density at radius 1 is 0.515 bits per heavy atom. The fourth-order valence-corrected chi connectivity index (χ4v) is 9.28. The molecule has 9 atom stereocenters. The van der Waals surface area contributed by atoms with Crippen LogP contribution in [-0.4, -0.2) is 112 Å². The number of nitrogens with one attached hydrogen (secondary N) is 5. The van der Waals surface area contributed by atoms with Gasteiger partial charge >= 0.3 is 0 Å². The van der Waals surface area contributed by atoms with Crippen molar-refractivity contribution >= 4 is 41.4 Å². The van der Waals surface area contributed by atoms with E-state index in [0.717, 1.165) is 11.1 Å². The fraction of sp³-hybridized carbons (Fsp3) is 0.528. The molecule has 3 fully saturated rings. The van der Waals surface area contributed by atoms with Crippen LogP contribution in [-0.2, 0) is 52.8 Å². The topological polar surface area (TPSA) is 195 Å². The molecular formula is C53H71N7O8. The van der Waals surface area contributed by atoms with Crippen molar-refractivity contribution in [3.8, 4) is 5.75 Å². The van der Waals surface area contributed by atoms with E-state index in [1.54, 1.807) is 12.1 Å². The summed E-state index contributed by atoms with van der Waals surface area (Å²) in [4.78, 5) is 105. The maximum Gasteiger partial charge on any atom is 0.246 e. The van der Waals surface area contributed by atoms with Gasteiger partial charge in [0.25, 0.3) is 0 Å². The molecule has 15 nitrogen and oxygen atoms in total. The molecule has 6 rings (SSSR count). The summed E-state index contributed by atoms with van der Waals surface area (Å²) < 4.78 is 6.04. The number of hydrogen-bond acceptors (Lipinski definition) is 8. The second-order valence-electron chi connectivity index (χ2n) is 19.7. The molecule has 0 radical (unpaired) electrons. The number of amides is 7. The first-order chi connectivity index (χ1) is 32.5. The maximum absolute atomic E-state index is 14.8. The number of fused-ring (bicyclic) bond motifs is 2. The summed E-state index contributed by atoms with van der Waals surface area (Å²) in [5, 5.41) is 14.8. The molecule has 3 aliphatic heterocycles. The third kappa shape index (κ3) is 13.3. The van der Waals surface area contributed by atoms with Crippen LogP contribution < -0.4 is 31.3 Å². The van der Waals surface area contributed by atoms with Gasteiger partial charge < -0.3 is 41.1 Å². The Hall–Kier alpha value is -6.25. The second-order valence-corrected chi connectivity index (χ2v) is 19.7. The molecule has 3 aromatic rings. The predicted octanol–water partition coefficient (Wildman–Crippen LogP) is 4.40. The van der Waals surface area contributed by atoms with Gasteiger partial charge in [0.15, 0.2) is 0 Å². The standard InChI is InChI=1S/C53H71N7O8/c1-8-33(3)44-50(65)56-41(32-36-20-14-11-15-21-36)51(66)59-28-16-23-43(59)49(64)58-45(34(4)9-2)52(67)60-29-17-22-42(60)48(63)55-39(30-35-18-12-10-13-19-35)46(61)54-40(47(62)57-44)31-37-24-26-38(27-25-37)68-53(5,6)7/h10-15,18-21,24-27,33-34,39-45H,8-9,16-17,22-23,28-32H2,1-7H3,(H,54,61)(H,55,63)(H,56,65)(H,57,62)(H,58,64)/t33-,34-,39-,40+,41-,42-,43-,44-,45-/m0/s1. The molecule has 3 aliphatic rings. The van der Waals surface area contributed by atoms with E-state index in [4.69, 9.17) is 4.74 Å². The van der Waals surface area contributed by atoms with Crippen molar-refractivity contribution in [2.45, 2.75) is 154 Å². The second kappa shape index (κ2) is 23.2. The Balaban J connectivity index is 1.43. The van der Waals surface area contributed by atoms with Crippen LogP contribution in [0.3, 0.4) is 0 Å². The van der Waals surface area contributed by atoms with Gasteiger partial charge in [0, 0.05) is 32.4 Å². The van der Waals surface area contributed by atoms with Crippen LogP contribution in [0.4, 0.5) is 0 Å². The minimum atomic E-state index is -1.23. The molecular weight excluding hydrogens is 863 g/mol. The third-order valence-corrected chi connectivity index (χ3v) is 13.5. The van der Waals surface area contributed by atoms with Crippen molar-refractivity contribution in [2.75, 3.05) is 13.1 Å². The monoisotopic (exact) mass is 934 g/mol. The number of hydrogen-bond donors (Lipinski definition) is 5. The molecule has 5 N–H and O–H groups in total. The molecule has 0 unspecified atom stereocenters. The first-order valence-electron chi connectivity index (χ1n) is 24.4. The molecule has 0 spiro atoms. The van der Waals surface area contributed by atoms with E-state index in [-0.39, 0.29) is 38.3 Å². The summed E-state index contributed by atoms with van der Waals surface area (Å²) in [5.41, 5.74) is 1.77. The lowest BCUT2D eigenvalue weighted by Gasteiger charge is -2.34. The summed E-state index contributed by atoms with van der Waals surface area (Å²) in [6, 6.07) is 18.1. The number of benzene rings is 3. The van der Waals surface area contributed by atoms with Gasteiger partial charge in [0.1, 0.15) is 53.6 Å². The van der Waals surface area contributed by atoms with Crippen LogP contribution in [0.25, 0.3) is 0 Å². The van der Waals surface area contributed by atoms with E-state index in [0.29, 0.717) is 49.8 Å². The fourth-order valence-electron chi connectivity index (χ4n) is 9.28. The molecule has 3 aromatic carbocycles. The van der Waals surface area contributed by atoms with Gasteiger partial charge in [-0.25, -0.2) is 0 Å². The number of rotatable bonds is 11. The van der Waals surface area contributed by atoms with Crippen LogP contribution >= 0.6 is 0 Å². The summed E-state index contributed by atoms with van der Waals surface area (Å²) in [7, 11) is 0. The van der Waals surface area contributed by atoms with E-state index >= 15 is 0 Å². The normalized spacial score (nSPS) is 25.7. The third-order valence-electron chi connectivity index (χ3n) is 13.5. The molecule has 3 heterocycles. The zero-order chi connectivity index (χ0) is 49.1. The number of carbonyl (C=O) groups is 7. The minimum Gasteiger partial charge on any atom is -0.488 e. The lowest BCUT2D eigenvalue weighted by atomic mass is 9.95. The molecule has 0 aliphatic carbocycles. The lowest BCUT2D eigenvalue weighted by Crippen LogP contribution is -2.61. The molecule has 15 heteroatoms. The molecule has 0 aromatic heterocycles. The van der Waals surface area contributed by atoms with Gasteiger partial charge in [-0.2, -0.15) is 0 Å². The van der Waals surface area contributed by atoms with Crippen molar-refractivity contribution < 1.29 is 38.3 Å². The SMILES string of the molecule is CC[C@H](C)[C@@H]1NC(=O)[C@@H](Cc2ccc(OC(C)(C)C)cc2)NC(=O)[C@H](Cc2ccccc2)NC(=O)[C@@H]2CCCN2C(=O)[C@H]([C@@H](C)CC)NC(=O)[C@@H]2CCCN2C(=O)[C@H](Cc2ccccc2)NC1=O. The Morgan fingerprint density at radius 2 is 0.926 bits per heavy atom. The molecule has 366 valence electrons. The van der Waals surface area contributed by atoms with E-state index < -0.39 is 95.2 Å². The first-order valence-corrected chi connectivity index (χ1v) is 24.4. The summed E-state index contributed by atoms with van der Waals surface area (Å²) in [6.07, 6.45) is 2.97. The Morgan fingerprint density at radius 3 is 1.44 bits per heavy atom. The Labute approximate surface area is 401 Å². The van der Waals surface area contributed by atoms with Gasteiger partial charge in [-0.3, -0.25) is 33.6 Å². The van der Waals surface area contributed by atoms with Crippen LogP contribution in [0.2, 0.25) is 0 Å². The highest BCUT2D eigenvalue weighted by atomic mass is 16.5. The average Bonchev–Trinajstić information content (AvgIpc) is 4.03. The van der Waals surface area contributed by atoms with Gasteiger partial charge in [-0.05, 0) is 87.1 Å². The predicted molar refractivity (Wildman–Crippen MR) is 259 cm³/mol. The van der Waals surface area contributed by atoms with E-state index in [2.05, 4.69) is 26.6 Å². The highest BCUT2D eigenvalue weighted by molar-refractivity contribution is 5.99. The van der Waals surface area contributed by atoms with Gasteiger partial charge in [0.2, 0.25) is 41.4 Å². The van der Waals surface area contributed by atoms with Crippen molar-refractivity contribution in [2.24, 2.45) is 11.8 Å². The van der Waals surface area contributed by atoms with Crippen LogP contribution in [0.5, 0.6) is 5.75 Å². The molecule has 3 saturated heterocycles. The quantitative estimate of drug-likeness (QED) is 0.187. The Bertz CT molecular complexity index is 2230. The highest BCUT2D eigenvalue weighted by Gasteiger charge is 2.44. The van der Waals surface area contributed by atoms with Gasteiger partial charge in [0.05, 0.1) is 0 Å². The Kier molecular flexibility index (Phi) is 17.4. The molecule has 0 saturated carbocycles. The lowest BCUT2D eigenvalue weighted by molar-refractivity contribution is -0.145. The van der Waals surface area contributed by atoms with Gasteiger partial charge in [-0.15, -0.1) is 0 Å². The van der Waals surface area contributed by atoms with Crippen LogP contribution in [0.15, 0.2) is 84.9 Å². The van der Waals surface area contributed by atoms with Crippen LogP contribution in [0.1, 0.15) is 104 Å².